The normalized spacial score (nSPS) is 12.2. The topological polar surface area (TPSA) is 108 Å². The number of methoxy groups -OCH3 is 1. The maximum Gasteiger partial charge on any atom is 0.240 e. The van der Waals surface area contributed by atoms with E-state index < -0.39 is 21.0 Å². The van der Waals surface area contributed by atoms with Crippen molar-refractivity contribution >= 4 is 38.3 Å². The molecule has 0 amide bonds. The first-order chi connectivity index (χ1) is 15.8. The Kier molecular flexibility index (Phi) is 8.74. The van der Waals surface area contributed by atoms with Crippen molar-refractivity contribution in [3.05, 3.63) is 82.9 Å². The van der Waals surface area contributed by atoms with Crippen LogP contribution in [-0.2, 0) is 33.9 Å². The van der Waals surface area contributed by atoms with Gasteiger partial charge in [-0.05, 0) is 47.9 Å². The molecule has 0 aromatic heterocycles. The number of rotatable bonds is 11. The molecule has 1 atom stereocenters. The van der Waals surface area contributed by atoms with E-state index in [1.807, 2.05) is 30.3 Å². The van der Waals surface area contributed by atoms with Crippen molar-refractivity contribution in [3.63, 3.8) is 0 Å². The van der Waals surface area contributed by atoms with Gasteiger partial charge in [0.25, 0.3) is 0 Å². The maximum atomic E-state index is 12.6. The maximum absolute atomic E-state index is 12.6. The SMILES string of the molecule is COc1ccccc1CCOc1cc(Cl)ccc1CCS(=O)Nc1ccccc1S(N)(=O)=O. The van der Waals surface area contributed by atoms with Crippen LogP contribution in [0.5, 0.6) is 11.5 Å². The summed E-state index contributed by atoms with van der Waals surface area (Å²) in [4.78, 5) is -0.106. The second-order valence-corrected chi connectivity index (χ2v) is 10.4. The van der Waals surface area contributed by atoms with Gasteiger partial charge in [-0.2, -0.15) is 0 Å². The lowest BCUT2D eigenvalue weighted by Gasteiger charge is -2.14. The minimum atomic E-state index is -3.94. The molecule has 0 aliphatic rings. The Hall–Kier alpha value is -2.59. The molecule has 33 heavy (non-hydrogen) atoms. The lowest BCUT2D eigenvalue weighted by Crippen LogP contribution is -2.17. The van der Waals surface area contributed by atoms with E-state index in [0.717, 1.165) is 16.9 Å². The number of para-hydroxylation sites is 2. The Balaban J connectivity index is 1.63. The zero-order valence-corrected chi connectivity index (χ0v) is 20.4. The molecule has 0 aliphatic carbocycles. The van der Waals surface area contributed by atoms with E-state index in [4.69, 9.17) is 26.2 Å². The highest BCUT2D eigenvalue weighted by Gasteiger charge is 2.15. The van der Waals surface area contributed by atoms with Crippen molar-refractivity contribution in [2.75, 3.05) is 24.2 Å². The van der Waals surface area contributed by atoms with Crippen molar-refractivity contribution < 1.29 is 22.1 Å². The Bertz CT molecular complexity index is 1240. The van der Waals surface area contributed by atoms with Crippen LogP contribution in [0.2, 0.25) is 5.02 Å². The molecule has 0 fully saturated rings. The van der Waals surface area contributed by atoms with Crippen molar-refractivity contribution in [2.24, 2.45) is 5.14 Å². The molecule has 0 saturated carbocycles. The quantitative estimate of drug-likeness (QED) is 0.408. The molecule has 176 valence electrons. The van der Waals surface area contributed by atoms with Gasteiger partial charge in [0.15, 0.2) is 0 Å². The Morgan fingerprint density at radius 1 is 0.970 bits per heavy atom. The van der Waals surface area contributed by atoms with Crippen LogP contribution in [0.1, 0.15) is 11.1 Å². The molecule has 10 heteroatoms. The molecule has 7 nitrogen and oxygen atoms in total. The number of primary sulfonamides is 1. The summed E-state index contributed by atoms with van der Waals surface area (Å²) in [5.41, 5.74) is 2.07. The highest BCUT2D eigenvalue weighted by Crippen LogP contribution is 2.26. The summed E-state index contributed by atoms with van der Waals surface area (Å²) in [5, 5.41) is 5.77. The van der Waals surface area contributed by atoms with Crippen LogP contribution < -0.4 is 19.3 Å². The summed E-state index contributed by atoms with van der Waals surface area (Å²) in [6.45, 7) is 0.413. The number of hydrogen-bond acceptors (Lipinski definition) is 5. The van der Waals surface area contributed by atoms with Gasteiger partial charge in [0.05, 0.1) is 19.4 Å². The molecule has 3 rings (SSSR count). The second-order valence-electron chi connectivity index (χ2n) is 7.11. The van der Waals surface area contributed by atoms with Crippen LogP contribution in [0.4, 0.5) is 5.69 Å². The zero-order chi connectivity index (χ0) is 23.8. The number of nitrogens with one attached hydrogen (secondary N) is 1. The molecule has 0 bridgehead atoms. The second kappa shape index (κ2) is 11.5. The Morgan fingerprint density at radius 3 is 2.42 bits per heavy atom. The average molecular weight is 509 g/mol. The fourth-order valence-electron chi connectivity index (χ4n) is 3.23. The monoisotopic (exact) mass is 508 g/mol. The predicted octanol–water partition coefficient (Wildman–Crippen LogP) is 3.94. The minimum Gasteiger partial charge on any atom is -0.496 e. The Morgan fingerprint density at radius 2 is 1.67 bits per heavy atom. The van der Waals surface area contributed by atoms with Crippen LogP contribution in [0.3, 0.4) is 0 Å². The van der Waals surface area contributed by atoms with Crippen LogP contribution in [-0.4, -0.2) is 32.1 Å². The number of sulfonamides is 1. The molecule has 0 radical (unpaired) electrons. The summed E-state index contributed by atoms with van der Waals surface area (Å²) < 4.78 is 50.1. The van der Waals surface area contributed by atoms with E-state index >= 15 is 0 Å². The molecular formula is C23H25ClN2O5S2. The summed E-state index contributed by atoms with van der Waals surface area (Å²) in [5.74, 6) is 1.64. The zero-order valence-electron chi connectivity index (χ0n) is 18.0. The van der Waals surface area contributed by atoms with Crippen molar-refractivity contribution in [2.45, 2.75) is 17.7 Å². The largest absolute Gasteiger partial charge is 0.496 e. The first-order valence-corrected chi connectivity index (χ1v) is 13.3. The number of nitrogens with two attached hydrogens (primary N) is 1. The third kappa shape index (κ3) is 7.20. The summed E-state index contributed by atoms with van der Waals surface area (Å²) in [7, 11) is -3.85. The molecule has 0 spiro atoms. The van der Waals surface area contributed by atoms with Crippen molar-refractivity contribution in [1.82, 2.24) is 0 Å². The predicted molar refractivity (Wildman–Crippen MR) is 132 cm³/mol. The third-order valence-electron chi connectivity index (χ3n) is 4.82. The number of hydrogen-bond donors (Lipinski definition) is 2. The number of benzene rings is 3. The van der Waals surface area contributed by atoms with Crippen LogP contribution in [0.25, 0.3) is 0 Å². The van der Waals surface area contributed by atoms with Gasteiger partial charge >= 0.3 is 0 Å². The molecule has 1 unspecified atom stereocenters. The number of ether oxygens (including phenoxy) is 2. The van der Waals surface area contributed by atoms with Crippen LogP contribution in [0, 0.1) is 0 Å². The molecule has 0 aliphatic heterocycles. The molecule has 3 aromatic rings. The average Bonchev–Trinajstić information content (AvgIpc) is 2.78. The van der Waals surface area contributed by atoms with E-state index in [9.17, 15) is 12.6 Å². The Labute approximate surface area is 201 Å². The summed E-state index contributed by atoms with van der Waals surface area (Å²) in [6, 6.07) is 19.1. The number of aryl methyl sites for hydroxylation is 1. The van der Waals surface area contributed by atoms with Gasteiger partial charge in [-0.25, -0.2) is 17.8 Å². The van der Waals surface area contributed by atoms with Gasteiger partial charge in [-0.1, -0.05) is 48.0 Å². The lowest BCUT2D eigenvalue weighted by atomic mass is 10.1. The fraction of sp³-hybridized carbons (Fsp3) is 0.217. The van der Waals surface area contributed by atoms with Gasteiger partial charge < -0.3 is 14.2 Å². The molecule has 3 aromatic carbocycles. The van der Waals surface area contributed by atoms with Crippen molar-refractivity contribution in [1.29, 1.82) is 0 Å². The summed E-state index contributed by atoms with van der Waals surface area (Å²) >= 11 is 6.15. The van der Waals surface area contributed by atoms with E-state index in [-0.39, 0.29) is 16.3 Å². The highest BCUT2D eigenvalue weighted by atomic mass is 35.5. The van der Waals surface area contributed by atoms with E-state index in [1.54, 1.807) is 31.4 Å². The van der Waals surface area contributed by atoms with E-state index in [0.29, 0.717) is 30.2 Å². The smallest absolute Gasteiger partial charge is 0.240 e. The third-order valence-corrected chi connectivity index (χ3v) is 7.05. The summed E-state index contributed by atoms with van der Waals surface area (Å²) in [6.07, 6.45) is 1.08. The number of halogens is 1. The van der Waals surface area contributed by atoms with Gasteiger partial charge in [0.2, 0.25) is 10.0 Å². The van der Waals surface area contributed by atoms with Crippen molar-refractivity contribution in [3.8, 4) is 11.5 Å². The molecular weight excluding hydrogens is 484 g/mol. The highest BCUT2D eigenvalue weighted by molar-refractivity contribution is 7.89. The van der Waals surface area contributed by atoms with E-state index in [2.05, 4.69) is 4.72 Å². The van der Waals surface area contributed by atoms with Gasteiger partial charge in [-0.3, -0.25) is 0 Å². The van der Waals surface area contributed by atoms with Gasteiger partial charge in [-0.15, -0.1) is 0 Å². The van der Waals surface area contributed by atoms with Gasteiger partial charge in [0, 0.05) is 17.2 Å². The van der Waals surface area contributed by atoms with E-state index in [1.165, 1.54) is 12.1 Å². The molecule has 0 heterocycles. The first-order valence-electron chi connectivity index (χ1n) is 10.1. The molecule has 3 N–H and O–H groups in total. The molecule has 0 saturated heterocycles. The standard InChI is InChI=1S/C23H25ClN2O5S2/c1-30-21-8-4-2-6-17(21)12-14-31-22-16-19(24)11-10-18(22)13-15-32(27)26-20-7-3-5-9-23(20)33(25,28)29/h2-11,16,26H,12-15H2,1H3,(H2,25,28,29). The van der Waals surface area contributed by atoms with Crippen LogP contribution >= 0.6 is 11.6 Å². The van der Waals surface area contributed by atoms with Crippen LogP contribution in [0.15, 0.2) is 71.6 Å². The lowest BCUT2D eigenvalue weighted by molar-refractivity contribution is 0.315. The number of anilines is 1. The fourth-order valence-corrected chi connectivity index (χ4v) is 5.08. The van der Waals surface area contributed by atoms with Gasteiger partial charge in [0.1, 0.15) is 27.4 Å². The minimum absolute atomic E-state index is 0.106. The first kappa shape index (κ1) is 25.0.